The molecular formula is C25H22N4O2S. The maximum absolute atomic E-state index is 6.34. The highest BCUT2D eigenvalue weighted by Crippen LogP contribution is 2.39. The molecule has 3 aromatic carbocycles. The zero-order chi connectivity index (χ0) is 21.8. The van der Waals surface area contributed by atoms with Crippen LogP contribution in [-0.4, -0.2) is 21.8 Å². The Balaban J connectivity index is 1.46. The summed E-state index contributed by atoms with van der Waals surface area (Å²) in [6.45, 7) is 2.60. The number of rotatable bonds is 6. The van der Waals surface area contributed by atoms with Gasteiger partial charge in [-0.3, -0.25) is 0 Å². The quantitative estimate of drug-likeness (QED) is 0.382. The first-order valence-electron chi connectivity index (χ1n) is 10.5. The minimum absolute atomic E-state index is 0.420. The van der Waals surface area contributed by atoms with E-state index in [4.69, 9.17) is 14.5 Å². The van der Waals surface area contributed by atoms with Crippen molar-refractivity contribution in [1.29, 1.82) is 0 Å². The number of nitrogens with zero attached hydrogens (tertiary/aromatic N) is 3. The molecule has 1 aliphatic rings. The van der Waals surface area contributed by atoms with Gasteiger partial charge in [-0.1, -0.05) is 60.3 Å². The first kappa shape index (κ1) is 20.3. The number of hydrogen-bond donors (Lipinski definition) is 1. The van der Waals surface area contributed by atoms with E-state index in [-0.39, 0.29) is 0 Å². The Bertz CT molecular complexity index is 1200. The van der Waals surface area contributed by atoms with E-state index >= 15 is 0 Å². The molecular weight excluding hydrogens is 420 g/mol. The lowest BCUT2D eigenvalue weighted by molar-refractivity contribution is 0.225. The standard InChI is InChI=1S/C25H22N4O2S/c1-2-30-19-14-12-18(13-15-19)23-26-21-11-7-6-10-20(21)22-24(31-23)27-25(29-28-22)32-16-17-8-4-3-5-9-17/h3-15,23,26H,2,16H2,1H3/t23-/m1/s1. The maximum Gasteiger partial charge on any atom is 0.247 e. The zero-order valence-corrected chi connectivity index (χ0v) is 18.4. The number of anilines is 1. The van der Waals surface area contributed by atoms with Gasteiger partial charge in [-0.15, -0.1) is 10.2 Å². The predicted molar refractivity (Wildman–Crippen MR) is 126 cm³/mol. The van der Waals surface area contributed by atoms with Gasteiger partial charge in [0.05, 0.1) is 6.61 Å². The third-order valence-corrected chi connectivity index (χ3v) is 5.95. The van der Waals surface area contributed by atoms with Crippen molar-refractivity contribution in [2.75, 3.05) is 11.9 Å². The smallest absolute Gasteiger partial charge is 0.247 e. The van der Waals surface area contributed by atoms with Crippen molar-refractivity contribution in [2.45, 2.75) is 24.1 Å². The summed E-state index contributed by atoms with van der Waals surface area (Å²) in [4.78, 5) is 4.71. The van der Waals surface area contributed by atoms with Gasteiger partial charge >= 0.3 is 0 Å². The molecule has 1 aromatic heterocycles. The highest BCUT2D eigenvalue weighted by Gasteiger charge is 2.26. The molecule has 1 atom stereocenters. The van der Waals surface area contributed by atoms with E-state index in [1.807, 2.05) is 73.7 Å². The van der Waals surface area contributed by atoms with Crippen LogP contribution in [0.2, 0.25) is 0 Å². The Morgan fingerprint density at radius 2 is 1.72 bits per heavy atom. The van der Waals surface area contributed by atoms with E-state index in [9.17, 15) is 0 Å². The van der Waals surface area contributed by atoms with E-state index in [1.54, 1.807) is 0 Å². The molecule has 160 valence electrons. The van der Waals surface area contributed by atoms with Gasteiger partial charge in [0.25, 0.3) is 0 Å². The van der Waals surface area contributed by atoms with Crippen molar-refractivity contribution >= 4 is 17.4 Å². The molecule has 7 heteroatoms. The number of aromatic nitrogens is 3. The van der Waals surface area contributed by atoms with Gasteiger partial charge in [0.1, 0.15) is 5.75 Å². The Kier molecular flexibility index (Phi) is 5.89. The second-order valence-electron chi connectivity index (χ2n) is 7.21. The van der Waals surface area contributed by atoms with Crippen LogP contribution in [-0.2, 0) is 5.75 Å². The number of hydrogen-bond acceptors (Lipinski definition) is 7. The van der Waals surface area contributed by atoms with Crippen molar-refractivity contribution in [1.82, 2.24) is 15.2 Å². The summed E-state index contributed by atoms with van der Waals surface area (Å²) >= 11 is 1.54. The summed E-state index contributed by atoms with van der Waals surface area (Å²) in [5.41, 5.74) is 4.64. The molecule has 2 heterocycles. The van der Waals surface area contributed by atoms with Crippen LogP contribution < -0.4 is 14.8 Å². The average molecular weight is 443 g/mol. The van der Waals surface area contributed by atoms with E-state index < -0.39 is 6.23 Å². The van der Waals surface area contributed by atoms with Crippen LogP contribution in [0.4, 0.5) is 5.69 Å². The van der Waals surface area contributed by atoms with E-state index in [1.165, 1.54) is 17.3 Å². The summed E-state index contributed by atoms with van der Waals surface area (Å²) < 4.78 is 11.9. The van der Waals surface area contributed by atoms with Crippen molar-refractivity contribution in [3.63, 3.8) is 0 Å². The van der Waals surface area contributed by atoms with Gasteiger partial charge < -0.3 is 14.8 Å². The molecule has 0 bridgehead atoms. The van der Waals surface area contributed by atoms with Crippen molar-refractivity contribution < 1.29 is 9.47 Å². The van der Waals surface area contributed by atoms with Crippen molar-refractivity contribution in [3.05, 3.63) is 90.0 Å². The summed E-state index contributed by atoms with van der Waals surface area (Å²) in [6, 6.07) is 26.1. The van der Waals surface area contributed by atoms with Crippen LogP contribution in [0.3, 0.4) is 0 Å². The first-order chi connectivity index (χ1) is 15.8. The number of ether oxygens (including phenoxy) is 2. The van der Waals surface area contributed by atoms with Crippen molar-refractivity contribution in [2.24, 2.45) is 0 Å². The van der Waals surface area contributed by atoms with Crippen LogP contribution in [0.25, 0.3) is 11.3 Å². The Hall–Kier alpha value is -3.58. The third kappa shape index (κ3) is 4.38. The molecule has 32 heavy (non-hydrogen) atoms. The molecule has 0 spiro atoms. The molecule has 0 unspecified atom stereocenters. The number of thioether (sulfide) groups is 1. The minimum Gasteiger partial charge on any atom is -0.494 e. The number of para-hydroxylation sites is 1. The molecule has 5 rings (SSSR count). The second kappa shape index (κ2) is 9.28. The van der Waals surface area contributed by atoms with Crippen LogP contribution in [0, 0.1) is 0 Å². The average Bonchev–Trinajstić information content (AvgIpc) is 3.00. The monoisotopic (exact) mass is 442 g/mol. The van der Waals surface area contributed by atoms with E-state index in [0.29, 0.717) is 23.3 Å². The highest BCUT2D eigenvalue weighted by molar-refractivity contribution is 7.98. The summed E-state index contributed by atoms with van der Waals surface area (Å²) in [6.07, 6.45) is -0.420. The fourth-order valence-electron chi connectivity index (χ4n) is 3.49. The summed E-state index contributed by atoms with van der Waals surface area (Å²) in [7, 11) is 0. The van der Waals surface area contributed by atoms with Gasteiger partial charge in [0.15, 0.2) is 11.9 Å². The van der Waals surface area contributed by atoms with E-state index in [2.05, 4.69) is 27.6 Å². The summed E-state index contributed by atoms with van der Waals surface area (Å²) in [5.74, 6) is 2.06. The zero-order valence-electron chi connectivity index (χ0n) is 17.6. The van der Waals surface area contributed by atoms with Gasteiger partial charge in [0.2, 0.25) is 11.0 Å². The number of fused-ring (bicyclic) bond motifs is 3. The third-order valence-electron chi connectivity index (χ3n) is 5.04. The highest BCUT2D eigenvalue weighted by atomic mass is 32.2. The van der Waals surface area contributed by atoms with Crippen LogP contribution in [0.5, 0.6) is 11.6 Å². The normalized spacial score (nSPS) is 14.3. The SMILES string of the molecule is CCOc1ccc([C@@H]2Nc3ccccc3-c3nnc(SCc4ccccc4)nc3O2)cc1. The molecule has 0 saturated carbocycles. The largest absolute Gasteiger partial charge is 0.494 e. The first-order valence-corrected chi connectivity index (χ1v) is 11.5. The number of nitrogens with one attached hydrogen (secondary N) is 1. The molecule has 1 aliphatic heterocycles. The second-order valence-corrected chi connectivity index (χ2v) is 8.15. The number of benzene rings is 3. The minimum atomic E-state index is -0.420. The summed E-state index contributed by atoms with van der Waals surface area (Å²) in [5, 5.41) is 12.9. The molecule has 0 fully saturated rings. The molecule has 4 aromatic rings. The van der Waals surface area contributed by atoms with E-state index in [0.717, 1.165) is 28.3 Å². The van der Waals surface area contributed by atoms with Crippen molar-refractivity contribution in [3.8, 4) is 22.9 Å². The fraction of sp³-hybridized carbons (Fsp3) is 0.160. The van der Waals surface area contributed by atoms with Crippen LogP contribution in [0.1, 0.15) is 24.3 Å². The Labute approximate surface area is 191 Å². The molecule has 0 aliphatic carbocycles. The lowest BCUT2D eigenvalue weighted by Crippen LogP contribution is -2.17. The Morgan fingerprint density at radius 1 is 0.938 bits per heavy atom. The molecule has 0 saturated heterocycles. The van der Waals surface area contributed by atoms with Gasteiger partial charge in [-0.2, -0.15) is 4.98 Å². The van der Waals surface area contributed by atoms with Crippen LogP contribution in [0.15, 0.2) is 84.0 Å². The fourth-order valence-corrected chi connectivity index (χ4v) is 4.22. The van der Waals surface area contributed by atoms with Crippen LogP contribution >= 0.6 is 11.8 Å². The maximum atomic E-state index is 6.34. The van der Waals surface area contributed by atoms with Gasteiger partial charge in [-0.05, 0) is 42.8 Å². The molecule has 1 N–H and O–H groups in total. The predicted octanol–water partition coefficient (Wildman–Crippen LogP) is 5.73. The lowest BCUT2D eigenvalue weighted by atomic mass is 10.1. The van der Waals surface area contributed by atoms with Gasteiger partial charge in [-0.25, -0.2) is 0 Å². The topological polar surface area (TPSA) is 69.2 Å². The Morgan fingerprint density at radius 3 is 2.53 bits per heavy atom. The lowest BCUT2D eigenvalue weighted by Gasteiger charge is -2.19. The molecule has 6 nitrogen and oxygen atoms in total. The van der Waals surface area contributed by atoms with Gasteiger partial charge in [0, 0.05) is 22.6 Å². The molecule has 0 radical (unpaired) electrons. The molecule has 0 amide bonds.